The lowest BCUT2D eigenvalue weighted by Crippen LogP contribution is -2.17. The van der Waals surface area contributed by atoms with E-state index in [1.54, 1.807) is 10.7 Å². The van der Waals surface area contributed by atoms with Crippen molar-refractivity contribution in [2.45, 2.75) is 24.4 Å². The molecule has 0 saturated heterocycles. The van der Waals surface area contributed by atoms with E-state index in [1.807, 2.05) is 31.2 Å². The number of nitrogens with zero attached hydrogens (tertiary/aromatic N) is 3. The molecule has 2 aromatic carbocycles. The van der Waals surface area contributed by atoms with Gasteiger partial charge in [0, 0.05) is 23.3 Å². The minimum Gasteiger partial charge on any atom is -0.508 e. The van der Waals surface area contributed by atoms with Gasteiger partial charge in [0.25, 0.3) is 0 Å². The molecule has 9 nitrogen and oxygen atoms in total. The monoisotopic (exact) mass is 452 g/mol. The average molecular weight is 452 g/mol. The van der Waals surface area contributed by atoms with E-state index in [4.69, 9.17) is 4.42 Å². The Morgan fingerprint density at radius 3 is 2.53 bits per heavy atom. The molecule has 0 spiro atoms. The van der Waals surface area contributed by atoms with Crippen LogP contribution in [0.1, 0.15) is 16.9 Å². The highest BCUT2D eigenvalue weighted by atomic mass is 32.2. The highest BCUT2D eigenvalue weighted by Gasteiger charge is 2.16. The van der Waals surface area contributed by atoms with Gasteiger partial charge in [0.05, 0.1) is 12.3 Å². The minimum atomic E-state index is -0.519. The molecule has 0 atom stereocenters. The molecule has 4 aromatic rings. The van der Waals surface area contributed by atoms with E-state index in [9.17, 15) is 20.1 Å². The molecule has 0 fully saturated rings. The Morgan fingerprint density at radius 1 is 1.03 bits per heavy atom. The van der Waals surface area contributed by atoms with E-state index < -0.39 is 11.2 Å². The summed E-state index contributed by atoms with van der Waals surface area (Å²) in [6.07, 6.45) is 1.01. The third kappa shape index (κ3) is 4.70. The minimum absolute atomic E-state index is 0.0254. The zero-order chi connectivity index (χ0) is 22.7. The van der Waals surface area contributed by atoms with Gasteiger partial charge in [0.2, 0.25) is 10.6 Å². The molecule has 32 heavy (non-hydrogen) atoms. The third-order valence-electron chi connectivity index (χ3n) is 4.65. The number of aryl methyl sites for hydroxylation is 1. The predicted molar refractivity (Wildman–Crippen MR) is 119 cm³/mol. The van der Waals surface area contributed by atoms with E-state index in [2.05, 4.69) is 15.6 Å². The van der Waals surface area contributed by atoms with Gasteiger partial charge < -0.3 is 25.2 Å². The number of hydrogen-bond acceptors (Lipinski definition) is 9. The maximum absolute atomic E-state index is 11.6. The van der Waals surface area contributed by atoms with Crippen LogP contribution in [0.5, 0.6) is 17.2 Å². The fraction of sp³-hybridized carbons (Fsp3) is 0.136. The summed E-state index contributed by atoms with van der Waals surface area (Å²) < 4.78 is 6.95. The van der Waals surface area contributed by atoms with E-state index in [-0.39, 0.29) is 23.8 Å². The molecule has 0 bridgehead atoms. The van der Waals surface area contributed by atoms with Crippen molar-refractivity contribution in [3.05, 3.63) is 81.9 Å². The smallest absolute Gasteiger partial charge is 0.226 e. The average Bonchev–Trinajstić information content (AvgIpc) is 3.17. The van der Waals surface area contributed by atoms with Crippen molar-refractivity contribution in [1.29, 1.82) is 0 Å². The molecular weight excluding hydrogens is 432 g/mol. The summed E-state index contributed by atoms with van der Waals surface area (Å²) in [5.41, 5.74) is 5.21. The summed E-state index contributed by atoms with van der Waals surface area (Å²) in [5.74, 6) is 0.718. The lowest BCUT2D eigenvalue weighted by atomic mass is 10.1. The molecule has 0 radical (unpaired) electrons. The molecule has 10 heteroatoms. The Labute approximate surface area is 187 Å². The normalized spacial score (nSPS) is 10.9. The number of nitrogens with one attached hydrogen (secondary N) is 1. The van der Waals surface area contributed by atoms with Gasteiger partial charge in [-0.2, -0.15) is 0 Å². The van der Waals surface area contributed by atoms with Gasteiger partial charge in [0.1, 0.15) is 23.5 Å². The summed E-state index contributed by atoms with van der Waals surface area (Å²) in [6.45, 7) is 2.23. The van der Waals surface area contributed by atoms with Crippen LogP contribution in [-0.4, -0.2) is 30.2 Å². The van der Waals surface area contributed by atoms with Crippen molar-refractivity contribution in [1.82, 2.24) is 14.9 Å². The molecular formula is C22H20N4O5S. The molecule has 4 N–H and O–H groups in total. The number of phenols is 2. The Kier molecular flexibility index (Phi) is 6.04. The van der Waals surface area contributed by atoms with Crippen molar-refractivity contribution in [2.75, 3.05) is 5.43 Å². The van der Waals surface area contributed by atoms with Crippen LogP contribution in [0, 0.1) is 6.92 Å². The molecule has 164 valence electrons. The van der Waals surface area contributed by atoms with Crippen LogP contribution in [0.25, 0.3) is 11.4 Å². The second kappa shape index (κ2) is 9.06. The molecule has 4 rings (SSSR count). The van der Waals surface area contributed by atoms with Crippen LogP contribution in [0.3, 0.4) is 0 Å². The van der Waals surface area contributed by atoms with Crippen molar-refractivity contribution >= 4 is 11.8 Å². The molecule has 0 aliphatic rings. The van der Waals surface area contributed by atoms with E-state index in [0.717, 1.165) is 17.4 Å². The first-order valence-electron chi connectivity index (χ1n) is 9.61. The van der Waals surface area contributed by atoms with Crippen molar-refractivity contribution < 1.29 is 19.7 Å². The second-order valence-corrected chi connectivity index (χ2v) is 7.98. The SMILES string of the molecule is Cc1ccc(-c2nnc(SCc3cc(=O)c(O)co3)n2NCc2ccc(O)cc2O)cc1. The van der Waals surface area contributed by atoms with E-state index in [1.165, 1.54) is 30.0 Å². The van der Waals surface area contributed by atoms with Crippen molar-refractivity contribution in [2.24, 2.45) is 0 Å². The predicted octanol–water partition coefficient (Wildman–Crippen LogP) is 3.36. The van der Waals surface area contributed by atoms with Crippen LogP contribution in [-0.2, 0) is 12.3 Å². The van der Waals surface area contributed by atoms with Gasteiger partial charge in [-0.15, -0.1) is 10.2 Å². The number of benzene rings is 2. The first-order chi connectivity index (χ1) is 15.4. The summed E-state index contributed by atoms with van der Waals surface area (Å²) >= 11 is 1.29. The zero-order valence-electron chi connectivity index (χ0n) is 17.0. The fourth-order valence-corrected chi connectivity index (χ4v) is 3.72. The third-order valence-corrected chi connectivity index (χ3v) is 5.60. The first-order valence-corrected chi connectivity index (χ1v) is 10.6. The van der Waals surface area contributed by atoms with Crippen LogP contribution in [0.2, 0.25) is 0 Å². The molecule has 0 aliphatic carbocycles. The maximum atomic E-state index is 11.6. The number of hydrogen-bond donors (Lipinski definition) is 4. The molecule has 2 heterocycles. The second-order valence-electron chi connectivity index (χ2n) is 7.04. The van der Waals surface area contributed by atoms with Gasteiger partial charge in [-0.25, -0.2) is 4.68 Å². The Balaban J connectivity index is 1.62. The fourth-order valence-electron chi connectivity index (χ4n) is 2.92. The molecule has 0 amide bonds. The quantitative estimate of drug-likeness (QED) is 0.311. The van der Waals surface area contributed by atoms with Gasteiger partial charge in [0.15, 0.2) is 11.6 Å². The van der Waals surface area contributed by atoms with Gasteiger partial charge >= 0.3 is 0 Å². The standard InChI is InChI=1S/C22H20N4O5S/c1-13-2-4-14(5-3-13)21-24-25-22(32-12-17-9-19(29)20(30)11-31-17)26(21)23-10-15-6-7-16(27)8-18(15)28/h2-9,11,23,27-28,30H,10,12H2,1H3. The van der Waals surface area contributed by atoms with Crippen LogP contribution < -0.4 is 10.9 Å². The number of phenolic OH excluding ortho intramolecular Hbond substituents is 2. The first kappa shape index (κ1) is 21.3. The van der Waals surface area contributed by atoms with Gasteiger partial charge in [-0.05, 0) is 19.1 Å². The van der Waals surface area contributed by atoms with E-state index >= 15 is 0 Å². The number of thioether (sulfide) groups is 1. The van der Waals surface area contributed by atoms with E-state index in [0.29, 0.717) is 22.3 Å². The lowest BCUT2D eigenvalue weighted by Gasteiger charge is -2.14. The summed E-state index contributed by atoms with van der Waals surface area (Å²) in [5, 5.41) is 38.0. The summed E-state index contributed by atoms with van der Waals surface area (Å²) in [6, 6.07) is 13.4. The molecule has 0 unspecified atom stereocenters. The van der Waals surface area contributed by atoms with Crippen LogP contribution in [0.4, 0.5) is 0 Å². The lowest BCUT2D eigenvalue weighted by molar-refractivity contribution is 0.419. The van der Waals surface area contributed by atoms with Crippen LogP contribution >= 0.6 is 11.8 Å². The summed E-state index contributed by atoms with van der Waals surface area (Å²) in [4.78, 5) is 11.6. The van der Waals surface area contributed by atoms with Gasteiger partial charge in [-0.3, -0.25) is 4.79 Å². The molecule has 0 saturated carbocycles. The molecule has 2 aromatic heterocycles. The Hall–Kier alpha value is -3.92. The number of aromatic hydroxyl groups is 3. The maximum Gasteiger partial charge on any atom is 0.226 e. The highest BCUT2D eigenvalue weighted by Crippen LogP contribution is 2.27. The number of aromatic nitrogens is 3. The van der Waals surface area contributed by atoms with Gasteiger partial charge in [-0.1, -0.05) is 41.6 Å². The largest absolute Gasteiger partial charge is 0.508 e. The number of rotatable bonds is 7. The van der Waals surface area contributed by atoms with Crippen molar-refractivity contribution in [3.63, 3.8) is 0 Å². The highest BCUT2D eigenvalue weighted by molar-refractivity contribution is 7.98. The zero-order valence-corrected chi connectivity index (χ0v) is 17.8. The Morgan fingerprint density at radius 2 is 1.81 bits per heavy atom. The molecule has 0 aliphatic heterocycles. The topological polar surface area (TPSA) is 134 Å². The van der Waals surface area contributed by atoms with Crippen molar-refractivity contribution in [3.8, 4) is 28.6 Å². The Bertz CT molecular complexity index is 1300. The van der Waals surface area contributed by atoms with Crippen LogP contribution in [0.15, 0.2) is 69.2 Å². The summed E-state index contributed by atoms with van der Waals surface area (Å²) in [7, 11) is 0.